The first kappa shape index (κ1) is 20.9. The van der Waals surface area contributed by atoms with Crippen LogP contribution in [0.5, 0.6) is 0 Å². The van der Waals surface area contributed by atoms with E-state index in [0.717, 1.165) is 32.8 Å². The number of rotatable bonds is 8. The van der Waals surface area contributed by atoms with Crippen molar-refractivity contribution in [3.8, 4) is 0 Å². The van der Waals surface area contributed by atoms with Crippen LogP contribution in [0.2, 0.25) is 0 Å². The van der Waals surface area contributed by atoms with Crippen LogP contribution >= 0.6 is 0 Å². The third-order valence-corrected chi connectivity index (χ3v) is 4.73. The third kappa shape index (κ3) is 6.62. The van der Waals surface area contributed by atoms with E-state index in [2.05, 4.69) is 50.1 Å². The van der Waals surface area contributed by atoms with E-state index in [9.17, 15) is 4.79 Å². The SMILES string of the molecule is CN=C(NCCNC(=O)c1ccco1)NCc1ccccc1CN1CCOCC1. The van der Waals surface area contributed by atoms with E-state index in [0.29, 0.717) is 31.4 Å². The molecule has 1 fully saturated rings. The lowest BCUT2D eigenvalue weighted by Gasteiger charge is -2.27. The number of carbonyl (C=O) groups excluding carboxylic acids is 1. The molecule has 156 valence electrons. The molecule has 8 heteroatoms. The molecule has 1 aliphatic rings. The molecule has 1 saturated heterocycles. The molecule has 1 amide bonds. The van der Waals surface area contributed by atoms with Crippen molar-refractivity contribution in [2.24, 2.45) is 4.99 Å². The van der Waals surface area contributed by atoms with Crippen LogP contribution in [-0.2, 0) is 17.8 Å². The number of nitrogens with one attached hydrogen (secondary N) is 3. The summed E-state index contributed by atoms with van der Waals surface area (Å²) in [6.45, 7) is 6.16. The first-order valence-corrected chi connectivity index (χ1v) is 9.89. The Balaban J connectivity index is 1.42. The molecule has 3 rings (SSSR count). The second kappa shape index (κ2) is 11.2. The number of hydrogen-bond donors (Lipinski definition) is 3. The van der Waals surface area contributed by atoms with Crippen molar-refractivity contribution in [1.82, 2.24) is 20.9 Å². The number of guanidine groups is 1. The highest BCUT2D eigenvalue weighted by Crippen LogP contribution is 2.13. The lowest BCUT2D eigenvalue weighted by atomic mass is 10.1. The number of benzene rings is 1. The average Bonchev–Trinajstić information content (AvgIpc) is 3.30. The zero-order valence-electron chi connectivity index (χ0n) is 16.8. The number of furan rings is 1. The predicted molar refractivity (Wildman–Crippen MR) is 112 cm³/mol. The number of morpholine rings is 1. The molecule has 0 spiro atoms. The van der Waals surface area contributed by atoms with Crippen molar-refractivity contribution >= 4 is 11.9 Å². The van der Waals surface area contributed by atoms with Crippen LogP contribution in [0, 0.1) is 0 Å². The molecule has 29 heavy (non-hydrogen) atoms. The summed E-state index contributed by atoms with van der Waals surface area (Å²) in [7, 11) is 1.73. The Kier molecular flexibility index (Phi) is 8.09. The van der Waals surface area contributed by atoms with Gasteiger partial charge in [-0.2, -0.15) is 0 Å². The summed E-state index contributed by atoms with van der Waals surface area (Å²) < 4.78 is 10.5. The number of amides is 1. The van der Waals surface area contributed by atoms with Gasteiger partial charge in [-0.05, 0) is 23.3 Å². The molecule has 2 aromatic rings. The van der Waals surface area contributed by atoms with Gasteiger partial charge in [0.25, 0.3) is 5.91 Å². The zero-order chi connectivity index (χ0) is 20.3. The predicted octanol–water partition coefficient (Wildman–Crippen LogP) is 1.21. The third-order valence-electron chi connectivity index (χ3n) is 4.73. The van der Waals surface area contributed by atoms with E-state index in [1.54, 1.807) is 19.2 Å². The van der Waals surface area contributed by atoms with Crippen LogP contribution in [0.15, 0.2) is 52.1 Å². The van der Waals surface area contributed by atoms with Gasteiger partial charge in [0.1, 0.15) is 0 Å². The molecule has 0 atom stereocenters. The summed E-state index contributed by atoms with van der Waals surface area (Å²) in [6, 6.07) is 11.8. The van der Waals surface area contributed by atoms with Crippen molar-refractivity contribution < 1.29 is 13.9 Å². The topological polar surface area (TPSA) is 91.1 Å². The molecular formula is C21H29N5O3. The number of hydrogen-bond acceptors (Lipinski definition) is 5. The fourth-order valence-corrected chi connectivity index (χ4v) is 3.14. The van der Waals surface area contributed by atoms with E-state index in [1.165, 1.54) is 17.4 Å². The van der Waals surface area contributed by atoms with Gasteiger partial charge in [-0.3, -0.25) is 14.7 Å². The van der Waals surface area contributed by atoms with E-state index in [-0.39, 0.29) is 5.91 Å². The average molecular weight is 399 g/mol. The van der Waals surface area contributed by atoms with Crippen molar-refractivity contribution in [1.29, 1.82) is 0 Å². The molecule has 1 aromatic heterocycles. The van der Waals surface area contributed by atoms with E-state index < -0.39 is 0 Å². The second-order valence-electron chi connectivity index (χ2n) is 6.74. The fourth-order valence-electron chi connectivity index (χ4n) is 3.14. The quantitative estimate of drug-likeness (QED) is 0.351. The summed E-state index contributed by atoms with van der Waals surface area (Å²) in [6.07, 6.45) is 1.48. The van der Waals surface area contributed by atoms with E-state index >= 15 is 0 Å². The van der Waals surface area contributed by atoms with Gasteiger partial charge < -0.3 is 25.1 Å². The molecule has 0 aliphatic carbocycles. The number of nitrogens with zero attached hydrogens (tertiary/aromatic N) is 2. The highest BCUT2D eigenvalue weighted by atomic mass is 16.5. The first-order chi connectivity index (χ1) is 14.3. The van der Waals surface area contributed by atoms with Crippen molar-refractivity contribution in [3.63, 3.8) is 0 Å². The molecule has 0 unspecified atom stereocenters. The highest BCUT2D eigenvalue weighted by Gasteiger charge is 2.13. The normalized spacial score (nSPS) is 15.1. The Morgan fingerprint density at radius 1 is 1.03 bits per heavy atom. The van der Waals surface area contributed by atoms with Crippen molar-refractivity contribution in [3.05, 3.63) is 59.5 Å². The van der Waals surface area contributed by atoms with Crippen LogP contribution in [0.3, 0.4) is 0 Å². The first-order valence-electron chi connectivity index (χ1n) is 9.89. The lowest BCUT2D eigenvalue weighted by Crippen LogP contribution is -2.41. The van der Waals surface area contributed by atoms with Gasteiger partial charge in [-0.25, -0.2) is 0 Å². The molecular weight excluding hydrogens is 370 g/mol. The summed E-state index contributed by atoms with van der Waals surface area (Å²) >= 11 is 0. The molecule has 0 radical (unpaired) electrons. The maximum Gasteiger partial charge on any atom is 0.287 e. The Morgan fingerprint density at radius 2 is 1.79 bits per heavy atom. The van der Waals surface area contributed by atoms with Crippen LogP contribution in [0.1, 0.15) is 21.7 Å². The van der Waals surface area contributed by atoms with Crippen LogP contribution in [0.4, 0.5) is 0 Å². The Bertz CT molecular complexity index is 785. The summed E-state index contributed by atoms with van der Waals surface area (Å²) in [5.74, 6) is 0.777. The van der Waals surface area contributed by atoms with Gasteiger partial charge in [0.2, 0.25) is 0 Å². The number of ether oxygens (including phenoxy) is 1. The van der Waals surface area contributed by atoms with Crippen LogP contribution in [-0.4, -0.2) is 63.2 Å². The standard InChI is InChI=1S/C21H29N5O3/c1-22-21(24-9-8-23-20(27)19-7-4-12-29-19)25-15-17-5-2-3-6-18(17)16-26-10-13-28-14-11-26/h2-7,12H,8-11,13-16H2,1H3,(H,23,27)(H2,22,24,25). The number of aliphatic imine (C=N–C) groups is 1. The van der Waals surface area contributed by atoms with Gasteiger partial charge >= 0.3 is 0 Å². The minimum Gasteiger partial charge on any atom is -0.459 e. The Labute approximate surface area is 171 Å². The van der Waals surface area contributed by atoms with Crippen LogP contribution in [0.25, 0.3) is 0 Å². The van der Waals surface area contributed by atoms with E-state index in [1.807, 2.05) is 0 Å². The second-order valence-corrected chi connectivity index (χ2v) is 6.74. The number of carbonyl (C=O) groups is 1. The molecule has 3 N–H and O–H groups in total. The van der Waals surface area contributed by atoms with Crippen molar-refractivity contribution in [2.75, 3.05) is 46.4 Å². The summed E-state index contributed by atoms with van der Waals surface area (Å²) in [5, 5.41) is 9.35. The van der Waals surface area contributed by atoms with Gasteiger partial charge in [0.15, 0.2) is 11.7 Å². The Morgan fingerprint density at radius 3 is 2.52 bits per heavy atom. The minimum absolute atomic E-state index is 0.225. The molecule has 0 saturated carbocycles. The molecule has 8 nitrogen and oxygen atoms in total. The summed E-state index contributed by atoms with van der Waals surface area (Å²) in [5.41, 5.74) is 2.55. The van der Waals surface area contributed by atoms with Gasteiger partial charge in [-0.1, -0.05) is 24.3 Å². The molecule has 1 aliphatic heterocycles. The molecule has 0 bridgehead atoms. The van der Waals surface area contributed by atoms with Gasteiger partial charge in [-0.15, -0.1) is 0 Å². The zero-order valence-corrected chi connectivity index (χ0v) is 16.8. The maximum absolute atomic E-state index is 11.8. The van der Waals surface area contributed by atoms with Crippen LogP contribution < -0.4 is 16.0 Å². The largest absolute Gasteiger partial charge is 0.459 e. The molecule has 1 aromatic carbocycles. The lowest BCUT2D eigenvalue weighted by molar-refractivity contribution is 0.0341. The van der Waals surface area contributed by atoms with Gasteiger partial charge in [0.05, 0.1) is 19.5 Å². The monoisotopic (exact) mass is 399 g/mol. The molecule has 2 heterocycles. The summed E-state index contributed by atoms with van der Waals surface area (Å²) in [4.78, 5) is 18.5. The maximum atomic E-state index is 11.8. The fraction of sp³-hybridized carbons (Fsp3) is 0.429. The smallest absolute Gasteiger partial charge is 0.287 e. The van der Waals surface area contributed by atoms with E-state index in [4.69, 9.17) is 9.15 Å². The highest BCUT2D eigenvalue weighted by molar-refractivity contribution is 5.91. The Hall–Kier alpha value is -2.84. The minimum atomic E-state index is -0.225. The van der Waals surface area contributed by atoms with Crippen molar-refractivity contribution in [2.45, 2.75) is 13.1 Å². The van der Waals surface area contributed by atoms with Gasteiger partial charge in [0, 0.05) is 46.3 Å².